The number of hydrogen-bond acceptors (Lipinski definition) is 3. The van der Waals surface area contributed by atoms with Gasteiger partial charge in [0.1, 0.15) is 0 Å². The molecule has 0 saturated carbocycles. The number of guanidine groups is 1. The zero-order chi connectivity index (χ0) is 17.9. The molecule has 2 aromatic rings. The molecule has 1 aromatic heterocycles. The third kappa shape index (κ3) is 6.70. The van der Waals surface area contributed by atoms with Crippen LogP contribution in [0.1, 0.15) is 32.8 Å². The number of rotatable bonds is 9. The number of fused-ring (bicyclic) bond motifs is 1. The van der Waals surface area contributed by atoms with Crippen molar-refractivity contribution >= 4 is 16.9 Å². The fourth-order valence-electron chi connectivity index (χ4n) is 2.46. The Morgan fingerprint density at radius 2 is 2.00 bits per heavy atom. The van der Waals surface area contributed by atoms with Gasteiger partial charge >= 0.3 is 0 Å². The van der Waals surface area contributed by atoms with E-state index in [1.165, 1.54) is 0 Å². The van der Waals surface area contributed by atoms with Gasteiger partial charge in [-0.25, -0.2) is 4.99 Å². The fraction of sp³-hybridized carbons (Fsp3) is 0.500. The van der Waals surface area contributed by atoms with Crippen LogP contribution in [0.4, 0.5) is 0 Å². The number of benzene rings is 1. The van der Waals surface area contributed by atoms with Crippen molar-refractivity contribution in [2.75, 3.05) is 26.3 Å². The molecule has 0 radical (unpaired) electrons. The van der Waals surface area contributed by atoms with E-state index in [1.807, 2.05) is 12.3 Å². The van der Waals surface area contributed by atoms with Crippen molar-refractivity contribution in [3.8, 4) is 0 Å². The van der Waals surface area contributed by atoms with Crippen LogP contribution in [0.3, 0.4) is 0 Å². The summed E-state index contributed by atoms with van der Waals surface area (Å²) in [7, 11) is 0. The average Bonchev–Trinajstić information content (AvgIpc) is 2.62. The number of hydrogen-bond donors (Lipinski definition) is 2. The lowest BCUT2D eigenvalue weighted by Crippen LogP contribution is -2.39. The van der Waals surface area contributed by atoms with Gasteiger partial charge in [0.05, 0.1) is 18.7 Å². The van der Waals surface area contributed by atoms with E-state index < -0.39 is 0 Å². The number of ether oxygens (including phenoxy) is 1. The van der Waals surface area contributed by atoms with Crippen LogP contribution in [0.15, 0.2) is 41.5 Å². The number of nitrogens with one attached hydrogen (secondary N) is 2. The normalized spacial score (nSPS) is 11.9. The third-order valence-electron chi connectivity index (χ3n) is 3.85. The van der Waals surface area contributed by atoms with Crippen LogP contribution in [-0.4, -0.2) is 37.2 Å². The van der Waals surface area contributed by atoms with Crippen molar-refractivity contribution in [3.05, 3.63) is 42.1 Å². The maximum Gasteiger partial charge on any atom is 0.191 e. The topological polar surface area (TPSA) is 58.5 Å². The molecule has 0 unspecified atom stereocenters. The van der Waals surface area contributed by atoms with Gasteiger partial charge in [0.25, 0.3) is 0 Å². The Hall–Kier alpha value is -2.14. The van der Waals surface area contributed by atoms with E-state index in [9.17, 15) is 0 Å². The molecule has 1 aromatic carbocycles. The highest BCUT2D eigenvalue weighted by Gasteiger charge is 2.02. The van der Waals surface area contributed by atoms with Crippen molar-refractivity contribution < 1.29 is 4.74 Å². The van der Waals surface area contributed by atoms with E-state index >= 15 is 0 Å². The minimum Gasteiger partial charge on any atom is -0.380 e. The highest BCUT2D eigenvalue weighted by molar-refractivity contribution is 5.83. The lowest BCUT2D eigenvalue weighted by Gasteiger charge is -2.12. The molecule has 0 aliphatic rings. The first-order valence-electron chi connectivity index (χ1n) is 9.13. The van der Waals surface area contributed by atoms with E-state index in [1.54, 1.807) is 0 Å². The van der Waals surface area contributed by atoms with Gasteiger partial charge in [-0.05, 0) is 30.9 Å². The van der Waals surface area contributed by atoms with E-state index in [-0.39, 0.29) is 0 Å². The smallest absolute Gasteiger partial charge is 0.191 e. The zero-order valence-corrected chi connectivity index (χ0v) is 15.6. The summed E-state index contributed by atoms with van der Waals surface area (Å²) in [6.45, 7) is 10.2. The average molecular weight is 342 g/mol. The van der Waals surface area contributed by atoms with E-state index in [0.29, 0.717) is 19.1 Å². The van der Waals surface area contributed by atoms with Crippen molar-refractivity contribution in [3.63, 3.8) is 0 Å². The van der Waals surface area contributed by atoms with Gasteiger partial charge in [0.2, 0.25) is 0 Å². The highest BCUT2D eigenvalue weighted by Crippen LogP contribution is 2.16. The van der Waals surface area contributed by atoms with Crippen LogP contribution in [0.5, 0.6) is 0 Å². The quantitative estimate of drug-likeness (QED) is 0.417. The SMILES string of the molecule is CCNC(=NCc1cccc2cccnc12)NCCOCCC(C)C. The molecule has 136 valence electrons. The van der Waals surface area contributed by atoms with Crippen LogP contribution in [0.25, 0.3) is 10.9 Å². The number of para-hydroxylation sites is 1. The summed E-state index contributed by atoms with van der Waals surface area (Å²) in [5, 5.41) is 7.74. The van der Waals surface area contributed by atoms with Gasteiger partial charge in [-0.15, -0.1) is 0 Å². The maximum absolute atomic E-state index is 5.64. The monoisotopic (exact) mass is 342 g/mol. The predicted molar refractivity (Wildman–Crippen MR) is 105 cm³/mol. The first kappa shape index (κ1) is 19.2. The highest BCUT2D eigenvalue weighted by atomic mass is 16.5. The molecule has 0 atom stereocenters. The van der Waals surface area contributed by atoms with E-state index in [2.05, 4.69) is 65.6 Å². The van der Waals surface area contributed by atoms with Gasteiger partial charge in [0, 0.05) is 31.3 Å². The largest absolute Gasteiger partial charge is 0.380 e. The summed E-state index contributed by atoms with van der Waals surface area (Å²) in [6.07, 6.45) is 2.93. The van der Waals surface area contributed by atoms with Crippen molar-refractivity contribution in [2.24, 2.45) is 10.9 Å². The van der Waals surface area contributed by atoms with Crippen LogP contribution in [0.2, 0.25) is 0 Å². The van der Waals surface area contributed by atoms with Gasteiger partial charge in [-0.2, -0.15) is 0 Å². The first-order valence-corrected chi connectivity index (χ1v) is 9.13. The Bertz CT molecular complexity index is 664. The zero-order valence-electron chi connectivity index (χ0n) is 15.6. The Morgan fingerprint density at radius 3 is 2.80 bits per heavy atom. The molecule has 1 heterocycles. The fourth-order valence-corrected chi connectivity index (χ4v) is 2.46. The Kier molecular flexibility index (Phi) is 8.19. The summed E-state index contributed by atoms with van der Waals surface area (Å²) in [5.74, 6) is 1.49. The second-order valence-corrected chi connectivity index (χ2v) is 6.41. The molecule has 0 fully saturated rings. The number of aliphatic imine (C=N–C) groups is 1. The molecule has 0 aliphatic heterocycles. The number of nitrogens with zero attached hydrogens (tertiary/aromatic N) is 2. The standard InChI is InChI=1S/C20H30N4O/c1-4-21-20(23-12-14-25-13-10-16(2)3)24-15-18-8-5-7-17-9-6-11-22-19(17)18/h5-9,11,16H,4,10,12-15H2,1-3H3,(H2,21,23,24). The van der Waals surface area contributed by atoms with Crippen molar-refractivity contribution in [1.82, 2.24) is 15.6 Å². The minimum absolute atomic E-state index is 0.595. The van der Waals surface area contributed by atoms with Crippen molar-refractivity contribution in [1.29, 1.82) is 0 Å². The molecule has 2 N–H and O–H groups in total. The molecule has 0 bridgehead atoms. The Labute approximate surface area is 150 Å². The minimum atomic E-state index is 0.595. The van der Waals surface area contributed by atoms with Gasteiger partial charge in [-0.1, -0.05) is 38.1 Å². The summed E-state index contributed by atoms with van der Waals surface area (Å²) >= 11 is 0. The second-order valence-electron chi connectivity index (χ2n) is 6.41. The molecule has 0 saturated heterocycles. The second kappa shape index (κ2) is 10.7. The summed E-state index contributed by atoms with van der Waals surface area (Å²) in [5.41, 5.74) is 2.14. The first-order chi connectivity index (χ1) is 12.2. The predicted octanol–water partition coefficient (Wildman–Crippen LogP) is 3.35. The van der Waals surface area contributed by atoms with Crippen molar-refractivity contribution in [2.45, 2.75) is 33.7 Å². The molecule has 5 nitrogen and oxygen atoms in total. The van der Waals surface area contributed by atoms with Crippen LogP contribution in [0, 0.1) is 5.92 Å². The summed E-state index contributed by atoms with van der Waals surface area (Å²) in [4.78, 5) is 9.16. The summed E-state index contributed by atoms with van der Waals surface area (Å²) in [6, 6.07) is 10.2. The Balaban J connectivity index is 1.88. The van der Waals surface area contributed by atoms with E-state index in [4.69, 9.17) is 4.74 Å². The number of aromatic nitrogens is 1. The third-order valence-corrected chi connectivity index (χ3v) is 3.85. The van der Waals surface area contributed by atoms with Crippen LogP contribution >= 0.6 is 0 Å². The molecular weight excluding hydrogens is 312 g/mol. The van der Waals surface area contributed by atoms with Gasteiger partial charge in [0.15, 0.2) is 5.96 Å². The molecule has 5 heteroatoms. The van der Waals surface area contributed by atoms with Gasteiger partial charge < -0.3 is 15.4 Å². The molecular formula is C20H30N4O. The van der Waals surface area contributed by atoms with E-state index in [0.717, 1.165) is 48.5 Å². The molecule has 0 amide bonds. The molecule has 2 rings (SSSR count). The molecule has 25 heavy (non-hydrogen) atoms. The lowest BCUT2D eigenvalue weighted by molar-refractivity contribution is 0.128. The molecule has 0 aliphatic carbocycles. The lowest BCUT2D eigenvalue weighted by atomic mass is 10.1. The van der Waals surface area contributed by atoms with Crippen LogP contribution < -0.4 is 10.6 Å². The summed E-state index contributed by atoms with van der Waals surface area (Å²) < 4.78 is 5.64. The number of pyridine rings is 1. The van der Waals surface area contributed by atoms with Crippen LogP contribution in [-0.2, 0) is 11.3 Å². The Morgan fingerprint density at radius 1 is 1.16 bits per heavy atom. The molecule has 0 spiro atoms. The van der Waals surface area contributed by atoms with Gasteiger partial charge in [-0.3, -0.25) is 4.98 Å². The maximum atomic E-state index is 5.64.